The predicted octanol–water partition coefficient (Wildman–Crippen LogP) is 6.69. The first-order chi connectivity index (χ1) is 13.1. The van der Waals surface area contributed by atoms with Gasteiger partial charge in [0.15, 0.2) is 0 Å². The first-order valence-corrected chi connectivity index (χ1v) is 8.77. The van der Waals surface area contributed by atoms with Crippen LogP contribution in [0.2, 0.25) is 0 Å². The topological polar surface area (TPSA) is 15.6 Å². The first kappa shape index (κ1) is 20.2. The third-order valence-electron chi connectivity index (χ3n) is 4.72. The van der Waals surface area contributed by atoms with Crippen molar-refractivity contribution < 1.29 is 26.3 Å². The molecule has 1 aliphatic heterocycles. The van der Waals surface area contributed by atoms with Gasteiger partial charge >= 0.3 is 12.4 Å². The summed E-state index contributed by atoms with van der Waals surface area (Å²) in [7, 11) is 0. The van der Waals surface area contributed by atoms with E-state index < -0.39 is 23.5 Å². The van der Waals surface area contributed by atoms with E-state index in [0.29, 0.717) is 24.5 Å². The fraction of sp³-hybridized carbons (Fsp3) is 0.350. The van der Waals surface area contributed by atoms with Crippen LogP contribution in [0.15, 0.2) is 53.5 Å². The smallest absolute Gasteiger partial charge is 0.330 e. The number of benzene rings is 2. The van der Waals surface area contributed by atoms with Gasteiger partial charge in [0.25, 0.3) is 0 Å². The van der Waals surface area contributed by atoms with Crippen LogP contribution in [0.5, 0.6) is 0 Å². The number of amidine groups is 1. The maximum Gasteiger partial charge on any atom is 0.416 e. The highest BCUT2D eigenvalue weighted by molar-refractivity contribution is 6.01. The first-order valence-electron chi connectivity index (χ1n) is 8.77. The van der Waals surface area contributed by atoms with Gasteiger partial charge in [-0.1, -0.05) is 25.5 Å². The SMILES string of the molecule is CCC1CC(=Nc2cccc(C(F)(F)F)c2)N(c2cccc(C(F)(F)F)c2)C1. The van der Waals surface area contributed by atoms with Gasteiger partial charge in [0.05, 0.1) is 16.8 Å². The number of nitrogens with zero attached hydrogens (tertiary/aromatic N) is 2. The van der Waals surface area contributed by atoms with E-state index in [0.717, 1.165) is 30.7 Å². The zero-order chi connectivity index (χ0) is 20.5. The molecule has 1 saturated heterocycles. The molecule has 0 amide bonds. The second-order valence-electron chi connectivity index (χ2n) is 6.71. The Morgan fingerprint density at radius 3 is 2.14 bits per heavy atom. The van der Waals surface area contributed by atoms with Crippen LogP contribution >= 0.6 is 0 Å². The average Bonchev–Trinajstić information content (AvgIpc) is 3.03. The van der Waals surface area contributed by atoms with Gasteiger partial charge < -0.3 is 4.90 Å². The Labute approximate surface area is 158 Å². The highest BCUT2D eigenvalue weighted by atomic mass is 19.4. The lowest BCUT2D eigenvalue weighted by Crippen LogP contribution is -2.25. The minimum atomic E-state index is -4.49. The minimum Gasteiger partial charge on any atom is -0.330 e. The average molecular weight is 400 g/mol. The van der Waals surface area contributed by atoms with Crippen molar-refractivity contribution in [2.24, 2.45) is 10.9 Å². The van der Waals surface area contributed by atoms with Crippen molar-refractivity contribution >= 4 is 17.2 Å². The molecule has 1 fully saturated rings. The van der Waals surface area contributed by atoms with Gasteiger partial charge in [-0.25, -0.2) is 4.99 Å². The molecule has 1 atom stereocenters. The molecule has 0 radical (unpaired) electrons. The van der Waals surface area contributed by atoms with Crippen LogP contribution in [0.3, 0.4) is 0 Å². The monoisotopic (exact) mass is 400 g/mol. The van der Waals surface area contributed by atoms with Crippen LogP contribution in [0.25, 0.3) is 0 Å². The van der Waals surface area contributed by atoms with Crippen LogP contribution < -0.4 is 4.90 Å². The third-order valence-corrected chi connectivity index (χ3v) is 4.72. The summed E-state index contributed by atoms with van der Waals surface area (Å²) < 4.78 is 77.9. The van der Waals surface area contributed by atoms with Gasteiger partial charge in [0.1, 0.15) is 5.84 Å². The van der Waals surface area contributed by atoms with Crippen LogP contribution in [0.1, 0.15) is 30.9 Å². The molecule has 0 N–H and O–H groups in total. The Morgan fingerprint density at radius 2 is 1.54 bits per heavy atom. The van der Waals surface area contributed by atoms with Gasteiger partial charge in [-0.15, -0.1) is 0 Å². The summed E-state index contributed by atoms with van der Waals surface area (Å²) in [5.74, 6) is 0.629. The molecule has 2 aromatic rings. The van der Waals surface area contributed by atoms with Crippen molar-refractivity contribution in [3.8, 4) is 0 Å². The molecular weight excluding hydrogens is 382 g/mol. The zero-order valence-corrected chi connectivity index (χ0v) is 15.0. The lowest BCUT2D eigenvalue weighted by molar-refractivity contribution is -0.138. The number of halogens is 6. The molecule has 8 heteroatoms. The van der Waals surface area contributed by atoms with E-state index in [1.807, 2.05) is 6.92 Å². The zero-order valence-electron chi connectivity index (χ0n) is 15.0. The van der Waals surface area contributed by atoms with Crippen LogP contribution in [-0.2, 0) is 12.4 Å². The van der Waals surface area contributed by atoms with E-state index >= 15 is 0 Å². The summed E-state index contributed by atoms with van der Waals surface area (Å²) in [6, 6.07) is 9.51. The van der Waals surface area contributed by atoms with Crippen LogP contribution in [0.4, 0.5) is 37.7 Å². The molecule has 0 aromatic heterocycles. The molecule has 0 saturated carbocycles. The van der Waals surface area contributed by atoms with Gasteiger partial charge in [0, 0.05) is 18.7 Å². The fourth-order valence-electron chi connectivity index (χ4n) is 3.18. The number of aliphatic imine (C=N–C) groups is 1. The van der Waals surface area contributed by atoms with E-state index in [2.05, 4.69) is 4.99 Å². The van der Waals surface area contributed by atoms with Crippen molar-refractivity contribution in [2.75, 3.05) is 11.4 Å². The van der Waals surface area contributed by atoms with E-state index in [1.54, 1.807) is 11.0 Å². The second-order valence-corrected chi connectivity index (χ2v) is 6.71. The number of alkyl halides is 6. The molecule has 2 aromatic carbocycles. The van der Waals surface area contributed by atoms with Gasteiger partial charge in [-0.05, 0) is 42.3 Å². The molecule has 1 aliphatic rings. The molecule has 3 rings (SSSR count). The highest BCUT2D eigenvalue weighted by Crippen LogP contribution is 2.36. The number of hydrogen-bond acceptors (Lipinski definition) is 1. The number of anilines is 1. The largest absolute Gasteiger partial charge is 0.416 e. The van der Waals surface area contributed by atoms with E-state index in [-0.39, 0.29) is 11.6 Å². The maximum atomic E-state index is 13.0. The number of rotatable bonds is 3. The Kier molecular flexibility index (Phi) is 5.41. The lowest BCUT2D eigenvalue weighted by Gasteiger charge is -2.21. The Bertz CT molecular complexity index is 869. The molecule has 150 valence electrons. The summed E-state index contributed by atoms with van der Waals surface area (Å²) in [4.78, 5) is 6.00. The fourth-order valence-corrected chi connectivity index (χ4v) is 3.18. The third kappa shape index (κ3) is 4.48. The van der Waals surface area contributed by atoms with E-state index in [4.69, 9.17) is 0 Å². The van der Waals surface area contributed by atoms with Crippen molar-refractivity contribution in [3.63, 3.8) is 0 Å². The summed E-state index contributed by atoms with van der Waals surface area (Å²) in [6.45, 7) is 2.43. The molecule has 2 nitrogen and oxygen atoms in total. The normalized spacial score (nSPS) is 19.5. The molecule has 28 heavy (non-hydrogen) atoms. The quantitative estimate of drug-likeness (QED) is 0.524. The minimum absolute atomic E-state index is 0.124. The maximum absolute atomic E-state index is 13.0. The van der Waals surface area contributed by atoms with Gasteiger partial charge in [-0.2, -0.15) is 26.3 Å². The Balaban J connectivity index is 1.99. The predicted molar refractivity (Wildman–Crippen MR) is 95.7 cm³/mol. The standard InChI is InChI=1S/C20H18F6N2/c1-2-13-9-18(27-16-7-3-5-14(10-16)19(21,22)23)28(12-13)17-8-4-6-15(11-17)20(24,25)26/h3-8,10-11,13H,2,9,12H2,1H3. The van der Waals surface area contributed by atoms with Gasteiger partial charge in [-0.3, -0.25) is 0 Å². The second kappa shape index (κ2) is 7.48. The van der Waals surface area contributed by atoms with E-state index in [1.165, 1.54) is 18.2 Å². The lowest BCUT2D eigenvalue weighted by atomic mass is 10.1. The van der Waals surface area contributed by atoms with Crippen molar-refractivity contribution in [1.82, 2.24) is 0 Å². The van der Waals surface area contributed by atoms with E-state index in [9.17, 15) is 26.3 Å². The van der Waals surface area contributed by atoms with Crippen molar-refractivity contribution in [1.29, 1.82) is 0 Å². The van der Waals surface area contributed by atoms with Crippen molar-refractivity contribution in [2.45, 2.75) is 32.1 Å². The molecule has 0 aliphatic carbocycles. The summed E-state index contributed by atoms with van der Waals surface area (Å²) in [5.41, 5.74) is -1.14. The summed E-state index contributed by atoms with van der Waals surface area (Å²) in [6.07, 6.45) is -7.68. The van der Waals surface area contributed by atoms with Crippen LogP contribution in [-0.4, -0.2) is 12.4 Å². The highest BCUT2D eigenvalue weighted by Gasteiger charge is 2.33. The number of hydrogen-bond donors (Lipinski definition) is 0. The summed E-state index contributed by atoms with van der Waals surface area (Å²) >= 11 is 0. The Hall–Kier alpha value is -2.51. The summed E-state index contributed by atoms with van der Waals surface area (Å²) in [5, 5.41) is 0. The van der Waals surface area contributed by atoms with Gasteiger partial charge in [0.2, 0.25) is 0 Å². The van der Waals surface area contributed by atoms with Crippen LogP contribution in [0, 0.1) is 5.92 Å². The molecule has 1 unspecified atom stereocenters. The molecule has 0 bridgehead atoms. The Morgan fingerprint density at radius 1 is 0.929 bits per heavy atom. The molecule has 1 heterocycles. The van der Waals surface area contributed by atoms with Crippen molar-refractivity contribution in [3.05, 3.63) is 59.7 Å². The molecule has 0 spiro atoms. The molecular formula is C20H18F6N2.